The number of nitrogens with zero attached hydrogens (tertiary/aromatic N) is 1. The Morgan fingerprint density at radius 2 is 2.00 bits per heavy atom. The predicted octanol–water partition coefficient (Wildman–Crippen LogP) is 2.08. The molecule has 0 amide bonds. The molecule has 1 N–H and O–H groups in total. The second-order valence-corrected chi connectivity index (χ2v) is 4.71. The van der Waals surface area contributed by atoms with Gasteiger partial charge in [-0.05, 0) is 26.8 Å². The van der Waals surface area contributed by atoms with E-state index in [1.807, 2.05) is 26.0 Å². The Bertz CT molecular complexity index is 345. The highest BCUT2D eigenvalue weighted by Crippen LogP contribution is 2.21. The number of ether oxygens (including phenoxy) is 1. The van der Waals surface area contributed by atoms with Gasteiger partial charge in [-0.15, -0.1) is 0 Å². The van der Waals surface area contributed by atoms with Crippen molar-refractivity contribution >= 4 is 0 Å². The van der Waals surface area contributed by atoms with Gasteiger partial charge in [0.2, 0.25) is 0 Å². The second-order valence-electron chi connectivity index (χ2n) is 4.71. The van der Waals surface area contributed by atoms with E-state index in [0.717, 1.165) is 36.6 Å². The van der Waals surface area contributed by atoms with Crippen LogP contribution in [0.15, 0.2) is 12.1 Å². The van der Waals surface area contributed by atoms with Crippen LogP contribution in [-0.2, 0) is 0 Å². The van der Waals surface area contributed by atoms with E-state index in [1.54, 1.807) is 0 Å². The maximum absolute atomic E-state index is 6.05. The number of hydrogen-bond acceptors (Lipinski definition) is 3. The number of aryl methyl sites for hydroxylation is 2. The molecule has 1 aliphatic rings. The van der Waals surface area contributed by atoms with Gasteiger partial charge in [0.25, 0.3) is 0 Å². The van der Waals surface area contributed by atoms with Crippen LogP contribution in [0.2, 0.25) is 0 Å². The molecule has 0 radical (unpaired) electrons. The fourth-order valence-electron chi connectivity index (χ4n) is 2.20. The number of pyridine rings is 1. The van der Waals surface area contributed by atoms with E-state index in [-0.39, 0.29) is 0 Å². The maximum atomic E-state index is 6.05. The monoisotopic (exact) mass is 220 g/mol. The van der Waals surface area contributed by atoms with Crippen LogP contribution in [0.5, 0.6) is 5.75 Å². The molecule has 1 fully saturated rings. The molecule has 88 valence electrons. The van der Waals surface area contributed by atoms with E-state index in [1.165, 1.54) is 0 Å². The zero-order valence-corrected chi connectivity index (χ0v) is 10.3. The first kappa shape index (κ1) is 11.4. The first-order valence-electron chi connectivity index (χ1n) is 5.98. The molecule has 16 heavy (non-hydrogen) atoms. The van der Waals surface area contributed by atoms with Crippen molar-refractivity contribution in [3.05, 3.63) is 23.5 Å². The van der Waals surface area contributed by atoms with Gasteiger partial charge in [-0.25, -0.2) is 0 Å². The lowest BCUT2D eigenvalue weighted by atomic mass is 9.98. The van der Waals surface area contributed by atoms with Crippen molar-refractivity contribution in [2.75, 3.05) is 13.1 Å². The van der Waals surface area contributed by atoms with E-state index in [2.05, 4.69) is 17.2 Å². The predicted molar refractivity (Wildman–Crippen MR) is 64.8 cm³/mol. The summed E-state index contributed by atoms with van der Waals surface area (Å²) in [4.78, 5) is 4.35. The van der Waals surface area contributed by atoms with Crippen molar-refractivity contribution in [3.8, 4) is 5.75 Å². The van der Waals surface area contributed by atoms with E-state index in [9.17, 15) is 0 Å². The van der Waals surface area contributed by atoms with Gasteiger partial charge in [0.1, 0.15) is 11.9 Å². The summed E-state index contributed by atoms with van der Waals surface area (Å²) < 4.78 is 6.05. The number of rotatable bonds is 2. The van der Waals surface area contributed by atoms with Gasteiger partial charge in [-0.3, -0.25) is 4.98 Å². The standard InChI is InChI=1S/C13H20N2O/c1-9-8-14-5-4-13(9)16-12-6-10(2)15-11(3)7-12/h6-7,9,13-14H,4-5,8H2,1-3H3/t9-,13+/m1/s1. The maximum Gasteiger partial charge on any atom is 0.123 e. The zero-order chi connectivity index (χ0) is 11.5. The first-order chi connectivity index (χ1) is 7.65. The van der Waals surface area contributed by atoms with Gasteiger partial charge < -0.3 is 10.1 Å². The molecule has 1 saturated heterocycles. The molecule has 0 spiro atoms. The molecule has 0 aromatic carbocycles. The Morgan fingerprint density at radius 3 is 2.62 bits per heavy atom. The van der Waals surface area contributed by atoms with Crippen molar-refractivity contribution < 1.29 is 4.74 Å². The van der Waals surface area contributed by atoms with Crippen LogP contribution in [0.4, 0.5) is 0 Å². The molecular formula is C13H20N2O. The average Bonchev–Trinajstić information content (AvgIpc) is 2.20. The smallest absolute Gasteiger partial charge is 0.123 e. The molecule has 0 bridgehead atoms. The summed E-state index contributed by atoms with van der Waals surface area (Å²) >= 11 is 0. The van der Waals surface area contributed by atoms with Gasteiger partial charge in [-0.2, -0.15) is 0 Å². The van der Waals surface area contributed by atoms with Gasteiger partial charge in [0.15, 0.2) is 0 Å². The van der Waals surface area contributed by atoms with Crippen LogP contribution < -0.4 is 10.1 Å². The topological polar surface area (TPSA) is 34.1 Å². The molecule has 2 rings (SSSR count). The summed E-state index contributed by atoms with van der Waals surface area (Å²) in [6, 6.07) is 4.03. The Hall–Kier alpha value is -1.09. The quantitative estimate of drug-likeness (QED) is 0.828. The van der Waals surface area contributed by atoms with Crippen LogP contribution in [0.1, 0.15) is 24.7 Å². The number of hydrogen-bond donors (Lipinski definition) is 1. The summed E-state index contributed by atoms with van der Waals surface area (Å²) in [5.41, 5.74) is 2.05. The van der Waals surface area contributed by atoms with E-state index in [0.29, 0.717) is 12.0 Å². The molecule has 0 aliphatic carbocycles. The molecule has 1 aromatic heterocycles. The number of nitrogens with one attached hydrogen (secondary N) is 1. The SMILES string of the molecule is Cc1cc(O[C@H]2CCNC[C@H]2C)cc(C)n1. The Balaban J connectivity index is 2.07. The van der Waals surface area contributed by atoms with Crippen molar-refractivity contribution in [3.63, 3.8) is 0 Å². The molecule has 1 aromatic rings. The van der Waals surface area contributed by atoms with E-state index < -0.39 is 0 Å². The molecule has 1 aliphatic heterocycles. The summed E-state index contributed by atoms with van der Waals surface area (Å²) in [7, 11) is 0. The average molecular weight is 220 g/mol. The summed E-state index contributed by atoms with van der Waals surface area (Å²) in [6.45, 7) is 8.35. The van der Waals surface area contributed by atoms with Crippen LogP contribution in [0.25, 0.3) is 0 Å². The minimum Gasteiger partial charge on any atom is -0.490 e. The fraction of sp³-hybridized carbons (Fsp3) is 0.615. The van der Waals surface area contributed by atoms with E-state index >= 15 is 0 Å². The minimum absolute atomic E-state index is 0.336. The lowest BCUT2D eigenvalue weighted by Crippen LogP contribution is -2.41. The third-order valence-electron chi connectivity index (χ3n) is 3.05. The molecule has 3 heteroatoms. The highest BCUT2D eigenvalue weighted by atomic mass is 16.5. The summed E-state index contributed by atoms with van der Waals surface area (Å²) in [5, 5.41) is 3.38. The van der Waals surface area contributed by atoms with Crippen LogP contribution in [0, 0.1) is 19.8 Å². The highest BCUT2D eigenvalue weighted by Gasteiger charge is 2.22. The van der Waals surface area contributed by atoms with Crippen molar-refractivity contribution in [2.45, 2.75) is 33.3 Å². The van der Waals surface area contributed by atoms with Crippen molar-refractivity contribution in [1.29, 1.82) is 0 Å². The molecule has 3 nitrogen and oxygen atoms in total. The van der Waals surface area contributed by atoms with Crippen LogP contribution in [0.3, 0.4) is 0 Å². The largest absolute Gasteiger partial charge is 0.490 e. The third-order valence-corrected chi connectivity index (χ3v) is 3.05. The summed E-state index contributed by atoms with van der Waals surface area (Å²) in [5.74, 6) is 1.53. The van der Waals surface area contributed by atoms with Gasteiger partial charge >= 0.3 is 0 Å². The van der Waals surface area contributed by atoms with E-state index in [4.69, 9.17) is 4.74 Å². The van der Waals surface area contributed by atoms with Crippen molar-refractivity contribution in [1.82, 2.24) is 10.3 Å². The molecular weight excluding hydrogens is 200 g/mol. The van der Waals surface area contributed by atoms with Gasteiger partial charge in [-0.1, -0.05) is 6.92 Å². The van der Waals surface area contributed by atoms with Gasteiger partial charge in [0.05, 0.1) is 0 Å². The molecule has 2 atom stereocenters. The fourth-order valence-corrected chi connectivity index (χ4v) is 2.20. The van der Waals surface area contributed by atoms with Crippen LogP contribution >= 0.6 is 0 Å². The third kappa shape index (κ3) is 2.73. The second kappa shape index (κ2) is 4.83. The number of aromatic nitrogens is 1. The molecule has 2 heterocycles. The normalized spacial score (nSPS) is 25.4. The van der Waals surface area contributed by atoms with Crippen LogP contribution in [-0.4, -0.2) is 24.2 Å². The molecule has 0 unspecified atom stereocenters. The Morgan fingerprint density at radius 1 is 1.31 bits per heavy atom. The zero-order valence-electron chi connectivity index (χ0n) is 10.3. The Kier molecular flexibility index (Phi) is 3.44. The minimum atomic E-state index is 0.336. The molecule has 0 saturated carbocycles. The number of piperidine rings is 1. The highest BCUT2D eigenvalue weighted by molar-refractivity contribution is 5.26. The Labute approximate surface area is 97.2 Å². The van der Waals surface area contributed by atoms with Crippen molar-refractivity contribution in [2.24, 2.45) is 5.92 Å². The summed E-state index contributed by atoms with van der Waals surface area (Å²) in [6.07, 6.45) is 1.42. The first-order valence-corrected chi connectivity index (χ1v) is 5.98. The van der Waals surface area contributed by atoms with Gasteiger partial charge in [0, 0.05) is 36.0 Å². The lowest BCUT2D eigenvalue weighted by Gasteiger charge is -2.30. The lowest BCUT2D eigenvalue weighted by molar-refractivity contribution is 0.111.